The Balaban J connectivity index is 2.08. The lowest BCUT2D eigenvalue weighted by Gasteiger charge is -2.64. The van der Waals surface area contributed by atoms with Crippen molar-refractivity contribution in [3.05, 3.63) is 0 Å². The number of Topliss-reactive ketones (excluding diaryl/α,β-unsaturated/α-hetero) is 1. The molecule has 0 aromatic carbocycles. The minimum atomic E-state index is -0.258. The summed E-state index contributed by atoms with van der Waals surface area (Å²) >= 11 is 0. The quantitative estimate of drug-likeness (QED) is 0.684. The molecule has 0 bridgehead atoms. The number of hydrogen-bond acceptors (Lipinski definition) is 2. The van der Waals surface area contributed by atoms with Gasteiger partial charge in [-0.1, -0.05) is 20.8 Å². The maximum Gasteiger partial charge on any atom is 0.140 e. The smallest absolute Gasteiger partial charge is 0.140 e. The molecule has 3 aliphatic carbocycles. The number of ketones is 1. The van der Waals surface area contributed by atoms with E-state index < -0.39 is 0 Å². The van der Waals surface area contributed by atoms with Crippen LogP contribution in [0.1, 0.15) is 52.9 Å². The van der Waals surface area contributed by atoms with Crippen LogP contribution >= 0.6 is 0 Å². The van der Waals surface area contributed by atoms with Crippen molar-refractivity contribution in [2.24, 2.45) is 22.2 Å². The Morgan fingerprint density at radius 3 is 2.56 bits per heavy atom. The predicted octanol–water partition coefficient (Wildman–Crippen LogP) is 2.54. The van der Waals surface area contributed by atoms with Gasteiger partial charge in [-0.25, -0.2) is 0 Å². The third-order valence-corrected chi connectivity index (χ3v) is 6.12. The largest absolute Gasteiger partial charge is 0.393 e. The molecule has 1 N–H and O–H groups in total. The summed E-state index contributed by atoms with van der Waals surface area (Å²) in [5.41, 5.74) is 0.0289. The zero-order chi connectivity index (χ0) is 11.8. The summed E-state index contributed by atoms with van der Waals surface area (Å²) in [7, 11) is 0. The summed E-state index contributed by atoms with van der Waals surface area (Å²) in [6.07, 6.45) is 4.19. The van der Waals surface area contributed by atoms with E-state index in [-0.39, 0.29) is 16.9 Å². The van der Waals surface area contributed by atoms with Gasteiger partial charge in [0.2, 0.25) is 0 Å². The molecule has 1 spiro atoms. The maximum absolute atomic E-state index is 12.4. The summed E-state index contributed by atoms with van der Waals surface area (Å²) in [5.74, 6) is 0.967. The van der Waals surface area contributed by atoms with Crippen LogP contribution in [0.5, 0.6) is 0 Å². The van der Waals surface area contributed by atoms with Crippen molar-refractivity contribution in [3.8, 4) is 0 Å². The first kappa shape index (κ1) is 10.8. The van der Waals surface area contributed by atoms with Gasteiger partial charge in [0.25, 0.3) is 0 Å². The Hall–Kier alpha value is -0.370. The Morgan fingerprint density at radius 2 is 1.94 bits per heavy atom. The second kappa shape index (κ2) is 2.72. The zero-order valence-corrected chi connectivity index (χ0v) is 10.5. The highest BCUT2D eigenvalue weighted by Crippen LogP contribution is 2.76. The van der Waals surface area contributed by atoms with Gasteiger partial charge >= 0.3 is 0 Å². The molecule has 2 nitrogen and oxygen atoms in total. The Kier molecular flexibility index (Phi) is 1.83. The van der Waals surface area contributed by atoms with E-state index in [4.69, 9.17) is 0 Å². The zero-order valence-electron chi connectivity index (χ0n) is 10.5. The van der Waals surface area contributed by atoms with Gasteiger partial charge in [-0.05, 0) is 37.0 Å². The number of rotatable bonds is 0. The van der Waals surface area contributed by atoms with E-state index in [1.807, 2.05) is 0 Å². The maximum atomic E-state index is 12.4. The fraction of sp³-hybridized carbons (Fsp3) is 0.929. The van der Waals surface area contributed by atoms with E-state index in [0.29, 0.717) is 30.0 Å². The fourth-order valence-electron chi connectivity index (χ4n) is 5.29. The average Bonchev–Trinajstić information content (AvgIpc) is 2.45. The molecule has 90 valence electrons. The van der Waals surface area contributed by atoms with E-state index >= 15 is 0 Å². The SMILES string of the molecule is CC1(C)C[C@]23C(=O)CC[C@H](O)[C@@]2(C)CC[C@H]13. The highest BCUT2D eigenvalue weighted by molar-refractivity contribution is 5.89. The topological polar surface area (TPSA) is 37.3 Å². The Labute approximate surface area is 97.4 Å². The van der Waals surface area contributed by atoms with E-state index in [1.165, 1.54) is 0 Å². The summed E-state index contributed by atoms with van der Waals surface area (Å²) in [6.45, 7) is 6.72. The molecule has 0 unspecified atom stereocenters. The van der Waals surface area contributed by atoms with Crippen LogP contribution < -0.4 is 0 Å². The van der Waals surface area contributed by atoms with Gasteiger partial charge < -0.3 is 5.11 Å². The second-order valence-electron chi connectivity index (χ2n) is 7.12. The van der Waals surface area contributed by atoms with E-state index in [2.05, 4.69) is 20.8 Å². The average molecular weight is 222 g/mol. The lowest BCUT2D eigenvalue weighted by molar-refractivity contribution is -0.199. The first-order valence-corrected chi connectivity index (χ1v) is 6.56. The summed E-state index contributed by atoms with van der Waals surface area (Å²) in [6, 6.07) is 0. The van der Waals surface area contributed by atoms with Gasteiger partial charge in [0.1, 0.15) is 5.78 Å². The van der Waals surface area contributed by atoms with Gasteiger partial charge in [0, 0.05) is 17.3 Å². The number of hydrogen-bond donors (Lipinski definition) is 1. The molecule has 2 heteroatoms. The van der Waals surface area contributed by atoms with E-state index in [0.717, 1.165) is 19.3 Å². The highest BCUT2D eigenvalue weighted by atomic mass is 16.3. The number of aliphatic hydroxyl groups excluding tert-OH is 1. The normalized spacial score (nSPS) is 54.1. The monoisotopic (exact) mass is 222 g/mol. The van der Waals surface area contributed by atoms with Crippen molar-refractivity contribution in [2.75, 3.05) is 0 Å². The van der Waals surface area contributed by atoms with Crippen molar-refractivity contribution in [1.82, 2.24) is 0 Å². The molecule has 3 aliphatic rings. The van der Waals surface area contributed by atoms with Crippen LogP contribution in [-0.2, 0) is 4.79 Å². The molecule has 3 saturated carbocycles. The van der Waals surface area contributed by atoms with Crippen LogP contribution in [0, 0.1) is 22.2 Å². The van der Waals surface area contributed by atoms with Crippen LogP contribution in [0.2, 0.25) is 0 Å². The van der Waals surface area contributed by atoms with Crippen LogP contribution in [0.3, 0.4) is 0 Å². The summed E-state index contributed by atoms with van der Waals surface area (Å²) < 4.78 is 0. The number of carbonyl (C=O) groups is 1. The van der Waals surface area contributed by atoms with Crippen molar-refractivity contribution in [1.29, 1.82) is 0 Å². The van der Waals surface area contributed by atoms with Crippen molar-refractivity contribution in [2.45, 2.75) is 59.0 Å². The highest BCUT2D eigenvalue weighted by Gasteiger charge is 2.74. The van der Waals surface area contributed by atoms with Gasteiger partial charge in [-0.3, -0.25) is 4.79 Å². The van der Waals surface area contributed by atoms with Gasteiger partial charge in [0.15, 0.2) is 0 Å². The minimum Gasteiger partial charge on any atom is -0.393 e. The van der Waals surface area contributed by atoms with Crippen molar-refractivity contribution in [3.63, 3.8) is 0 Å². The first-order chi connectivity index (χ1) is 7.34. The number of aliphatic hydroxyl groups is 1. The Bertz CT molecular complexity index is 360. The molecule has 0 amide bonds. The lowest BCUT2D eigenvalue weighted by Crippen LogP contribution is -2.65. The van der Waals surface area contributed by atoms with Crippen molar-refractivity contribution >= 4 is 5.78 Å². The van der Waals surface area contributed by atoms with E-state index in [1.54, 1.807) is 0 Å². The van der Waals surface area contributed by atoms with Crippen LogP contribution in [0.4, 0.5) is 0 Å². The van der Waals surface area contributed by atoms with Crippen LogP contribution in [0.15, 0.2) is 0 Å². The standard InChI is InChI=1S/C14H22O2/c1-12(2)8-14-9(12)6-7-13(14,3)10(15)4-5-11(14)16/h9-10,15H,4-8H2,1-3H3/t9-,10+,13-,14+/m1/s1. The predicted molar refractivity (Wildman–Crippen MR) is 61.9 cm³/mol. The lowest BCUT2D eigenvalue weighted by atomic mass is 9.38. The first-order valence-electron chi connectivity index (χ1n) is 6.56. The van der Waals surface area contributed by atoms with Gasteiger partial charge in [-0.15, -0.1) is 0 Å². The van der Waals surface area contributed by atoms with Crippen LogP contribution in [0.25, 0.3) is 0 Å². The summed E-state index contributed by atoms with van der Waals surface area (Å²) in [5, 5.41) is 10.3. The van der Waals surface area contributed by atoms with Crippen molar-refractivity contribution < 1.29 is 9.90 Å². The van der Waals surface area contributed by atoms with Crippen LogP contribution in [-0.4, -0.2) is 17.0 Å². The van der Waals surface area contributed by atoms with E-state index in [9.17, 15) is 9.90 Å². The minimum absolute atomic E-state index is 0.122. The molecule has 16 heavy (non-hydrogen) atoms. The molecule has 0 saturated heterocycles. The molecular weight excluding hydrogens is 200 g/mol. The van der Waals surface area contributed by atoms with Gasteiger partial charge in [-0.2, -0.15) is 0 Å². The molecular formula is C14H22O2. The third-order valence-electron chi connectivity index (χ3n) is 6.12. The molecule has 3 fully saturated rings. The molecule has 3 rings (SSSR count). The molecule has 0 aromatic heterocycles. The number of carbonyl (C=O) groups excluding carboxylic acids is 1. The Morgan fingerprint density at radius 1 is 1.25 bits per heavy atom. The molecule has 0 aromatic rings. The fourth-order valence-corrected chi connectivity index (χ4v) is 5.29. The molecule has 0 heterocycles. The summed E-state index contributed by atoms with van der Waals surface area (Å²) in [4.78, 5) is 12.4. The van der Waals surface area contributed by atoms with Gasteiger partial charge in [0.05, 0.1) is 6.10 Å². The molecule has 0 radical (unpaired) electrons. The third kappa shape index (κ3) is 0.883. The molecule has 4 atom stereocenters. The molecule has 0 aliphatic heterocycles. The second-order valence-corrected chi connectivity index (χ2v) is 7.12.